The fourth-order valence-corrected chi connectivity index (χ4v) is 2.42. The van der Waals surface area contributed by atoms with Crippen molar-refractivity contribution < 1.29 is 31.3 Å². The van der Waals surface area contributed by atoms with Crippen LogP contribution in [0.5, 0.6) is 0 Å². The molecule has 0 unspecified atom stereocenters. The number of hydrogen-bond acceptors (Lipinski definition) is 5. The summed E-state index contributed by atoms with van der Waals surface area (Å²) in [6.07, 6.45) is -9.00. The molecule has 0 fully saturated rings. The van der Waals surface area contributed by atoms with E-state index in [-0.39, 0.29) is 28.5 Å². The predicted octanol–water partition coefficient (Wildman–Crippen LogP) is 5.32. The molecular formula is C16H8F6N4O2. The van der Waals surface area contributed by atoms with E-state index in [1.165, 1.54) is 6.07 Å². The van der Waals surface area contributed by atoms with E-state index in [1.54, 1.807) is 0 Å². The van der Waals surface area contributed by atoms with Crippen molar-refractivity contribution in [2.24, 2.45) is 0 Å². The molecule has 0 aliphatic heterocycles. The van der Waals surface area contributed by atoms with Crippen molar-refractivity contribution in [2.45, 2.75) is 12.4 Å². The Balaban J connectivity index is 2.13. The van der Waals surface area contributed by atoms with Crippen molar-refractivity contribution in [1.82, 2.24) is 9.97 Å². The third-order valence-corrected chi connectivity index (χ3v) is 3.68. The first-order chi connectivity index (χ1) is 12.9. The lowest BCUT2D eigenvalue weighted by Crippen LogP contribution is -2.11. The number of aromatic nitrogens is 2. The van der Waals surface area contributed by atoms with E-state index in [4.69, 9.17) is 0 Å². The summed E-state index contributed by atoms with van der Waals surface area (Å²) in [7, 11) is 0. The zero-order valence-corrected chi connectivity index (χ0v) is 13.5. The quantitative estimate of drug-likeness (QED) is 0.364. The number of non-ortho nitro benzene ring substituents is 1. The summed E-state index contributed by atoms with van der Waals surface area (Å²) in [4.78, 5) is 17.9. The summed E-state index contributed by atoms with van der Waals surface area (Å²) in [6.45, 7) is 0. The van der Waals surface area contributed by atoms with E-state index in [2.05, 4.69) is 15.3 Å². The Bertz CT molecular complexity index is 1030. The van der Waals surface area contributed by atoms with E-state index < -0.39 is 34.1 Å². The lowest BCUT2D eigenvalue weighted by molar-refractivity contribution is -0.384. The van der Waals surface area contributed by atoms with Gasteiger partial charge in [-0.25, -0.2) is 9.97 Å². The molecule has 0 aliphatic carbocycles. The minimum absolute atomic E-state index is 0.00585. The first kappa shape index (κ1) is 19.3. The topological polar surface area (TPSA) is 81.0 Å². The van der Waals surface area contributed by atoms with Crippen LogP contribution < -0.4 is 5.32 Å². The van der Waals surface area contributed by atoms with E-state index in [0.717, 1.165) is 18.5 Å². The van der Waals surface area contributed by atoms with Gasteiger partial charge in [-0.15, -0.1) is 0 Å². The SMILES string of the molecule is O=[N+]([O-])c1ccc2ncnc(Nc3cc(C(F)(F)F)cc(C(F)(F)F)c3)c2c1. The van der Waals surface area contributed by atoms with Crippen LogP contribution in [0.15, 0.2) is 42.7 Å². The van der Waals surface area contributed by atoms with Crippen molar-refractivity contribution >= 4 is 28.1 Å². The molecule has 3 rings (SSSR count). The Morgan fingerprint density at radius 3 is 2.04 bits per heavy atom. The number of fused-ring (bicyclic) bond motifs is 1. The predicted molar refractivity (Wildman–Crippen MR) is 85.9 cm³/mol. The molecule has 1 N–H and O–H groups in total. The van der Waals surface area contributed by atoms with Crippen LogP contribution in [0.25, 0.3) is 10.9 Å². The molecule has 146 valence electrons. The lowest BCUT2D eigenvalue weighted by atomic mass is 10.1. The van der Waals surface area contributed by atoms with Gasteiger partial charge in [0, 0.05) is 23.2 Å². The molecule has 0 atom stereocenters. The summed E-state index contributed by atoms with van der Waals surface area (Å²) in [5.74, 6) is -0.179. The molecule has 1 heterocycles. The Morgan fingerprint density at radius 2 is 1.50 bits per heavy atom. The van der Waals surface area contributed by atoms with Crippen LogP contribution in [0.1, 0.15) is 11.1 Å². The van der Waals surface area contributed by atoms with Crippen molar-refractivity contribution in [3.8, 4) is 0 Å². The molecule has 0 aliphatic rings. The minimum atomic E-state index is -5.01. The summed E-state index contributed by atoms with van der Waals surface area (Å²) in [5, 5.41) is 13.3. The Kier molecular flexibility index (Phi) is 4.57. The van der Waals surface area contributed by atoms with Gasteiger partial charge in [-0.3, -0.25) is 10.1 Å². The number of nitrogens with zero attached hydrogens (tertiary/aromatic N) is 3. The van der Waals surface area contributed by atoms with Gasteiger partial charge in [-0.2, -0.15) is 26.3 Å². The molecule has 6 nitrogen and oxygen atoms in total. The van der Waals surface area contributed by atoms with Gasteiger partial charge in [-0.1, -0.05) is 0 Å². The first-order valence-electron chi connectivity index (χ1n) is 7.41. The highest BCUT2D eigenvalue weighted by Crippen LogP contribution is 2.38. The Morgan fingerprint density at radius 1 is 0.893 bits per heavy atom. The van der Waals surface area contributed by atoms with Crippen molar-refractivity contribution in [3.05, 3.63) is 64.0 Å². The summed E-state index contributed by atoms with van der Waals surface area (Å²) < 4.78 is 77.8. The average molecular weight is 402 g/mol. The third-order valence-electron chi connectivity index (χ3n) is 3.68. The second kappa shape index (κ2) is 6.62. The smallest absolute Gasteiger partial charge is 0.340 e. The van der Waals surface area contributed by atoms with Crippen molar-refractivity contribution in [3.63, 3.8) is 0 Å². The zero-order chi connectivity index (χ0) is 20.7. The van der Waals surface area contributed by atoms with Gasteiger partial charge in [-0.05, 0) is 24.3 Å². The largest absolute Gasteiger partial charge is 0.416 e. The second-order valence-corrected chi connectivity index (χ2v) is 5.60. The summed E-state index contributed by atoms with van der Waals surface area (Å²) in [6, 6.07) is 4.48. The monoisotopic (exact) mass is 402 g/mol. The number of anilines is 2. The fraction of sp³-hybridized carbons (Fsp3) is 0.125. The molecule has 3 aromatic rings. The zero-order valence-electron chi connectivity index (χ0n) is 13.5. The molecule has 0 saturated carbocycles. The molecule has 12 heteroatoms. The molecule has 0 spiro atoms. The van der Waals surface area contributed by atoms with Gasteiger partial charge in [0.15, 0.2) is 0 Å². The van der Waals surface area contributed by atoms with Crippen LogP contribution in [-0.4, -0.2) is 14.9 Å². The van der Waals surface area contributed by atoms with Crippen molar-refractivity contribution in [2.75, 3.05) is 5.32 Å². The first-order valence-corrected chi connectivity index (χ1v) is 7.41. The average Bonchev–Trinajstić information content (AvgIpc) is 2.60. The van der Waals surface area contributed by atoms with Gasteiger partial charge >= 0.3 is 12.4 Å². The summed E-state index contributed by atoms with van der Waals surface area (Å²) >= 11 is 0. The van der Waals surface area contributed by atoms with Gasteiger partial charge in [0.1, 0.15) is 12.1 Å². The fourth-order valence-electron chi connectivity index (χ4n) is 2.42. The number of hydrogen-bond donors (Lipinski definition) is 1. The van der Waals surface area contributed by atoms with E-state index in [1.807, 2.05) is 0 Å². The maximum Gasteiger partial charge on any atom is 0.416 e. The van der Waals surface area contributed by atoms with Crippen LogP contribution in [0.2, 0.25) is 0 Å². The number of alkyl halides is 6. The molecule has 0 radical (unpaired) electrons. The van der Waals surface area contributed by atoms with Crippen molar-refractivity contribution in [1.29, 1.82) is 0 Å². The normalized spacial score (nSPS) is 12.2. The Labute approximate surface area is 152 Å². The van der Waals surface area contributed by atoms with Gasteiger partial charge in [0.05, 0.1) is 21.6 Å². The van der Waals surface area contributed by atoms with Gasteiger partial charge < -0.3 is 5.32 Å². The Hall–Kier alpha value is -3.44. The molecule has 0 bridgehead atoms. The maximum absolute atomic E-state index is 13.0. The number of benzene rings is 2. The molecule has 1 aromatic heterocycles. The summed E-state index contributed by atoms with van der Waals surface area (Å²) in [5.41, 5.74) is -3.67. The van der Waals surface area contributed by atoms with Crippen LogP contribution in [0.4, 0.5) is 43.5 Å². The standard InChI is InChI=1S/C16H8F6N4O2/c17-15(18,19)8-3-9(16(20,21)22)5-10(4-8)25-14-12-6-11(26(27)28)1-2-13(12)23-7-24-14/h1-7H,(H,23,24,25). The molecule has 0 amide bonds. The molecule has 2 aromatic carbocycles. The molecule has 28 heavy (non-hydrogen) atoms. The highest BCUT2D eigenvalue weighted by Gasteiger charge is 2.37. The van der Waals surface area contributed by atoms with E-state index >= 15 is 0 Å². The van der Waals surface area contributed by atoms with E-state index in [0.29, 0.717) is 12.1 Å². The van der Waals surface area contributed by atoms with E-state index in [9.17, 15) is 36.5 Å². The van der Waals surface area contributed by atoms with Gasteiger partial charge in [0.2, 0.25) is 0 Å². The maximum atomic E-state index is 13.0. The van der Waals surface area contributed by atoms with Crippen LogP contribution in [-0.2, 0) is 12.4 Å². The number of nitro benzene ring substituents is 1. The number of nitrogens with one attached hydrogen (secondary N) is 1. The molecular weight excluding hydrogens is 394 g/mol. The van der Waals surface area contributed by atoms with Crippen LogP contribution in [0.3, 0.4) is 0 Å². The highest BCUT2D eigenvalue weighted by atomic mass is 19.4. The number of nitro groups is 1. The lowest BCUT2D eigenvalue weighted by Gasteiger charge is -2.15. The number of rotatable bonds is 3. The third kappa shape index (κ3) is 3.94. The number of halogens is 6. The molecule has 0 saturated heterocycles. The van der Waals surface area contributed by atoms with Crippen LogP contribution >= 0.6 is 0 Å². The van der Waals surface area contributed by atoms with Crippen LogP contribution in [0, 0.1) is 10.1 Å². The highest BCUT2D eigenvalue weighted by molar-refractivity contribution is 5.92. The minimum Gasteiger partial charge on any atom is -0.340 e. The second-order valence-electron chi connectivity index (χ2n) is 5.60. The van der Waals surface area contributed by atoms with Gasteiger partial charge in [0.25, 0.3) is 5.69 Å².